The summed E-state index contributed by atoms with van der Waals surface area (Å²) in [6.45, 7) is 6.30. The van der Waals surface area contributed by atoms with Gasteiger partial charge in [0.2, 0.25) is 0 Å². The molecule has 108 valence electrons. The Hall–Kier alpha value is -1.35. The van der Waals surface area contributed by atoms with Gasteiger partial charge in [-0.05, 0) is 54.4 Å². The fourth-order valence-corrected chi connectivity index (χ4v) is 3.25. The Labute approximate surface area is 120 Å². The quantitative estimate of drug-likeness (QED) is 0.840. The van der Waals surface area contributed by atoms with Crippen molar-refractivity contribution in [3.05, 3.63) is 34.9 Å². The van der Waals surface area contributed by atoms with E-state index in [0.29, 0.717) is 11.5 Å². The molecule has 2 aliphatic rings. The Balaban J connectivity index is 1.65. The van der Waals surface area contributed by atoms with Gasteiger partial charge in [0.15, 0.2) is 0 Å². The molecular weight excluding hydrogens is 250 g/mol. The molecule has 0 spiro atoms. The SMILES string of the molecule is CC1CCC(OC(=O)c2ccc3c(c2)CNC3)CC1C. The van der Waals surface area contributed by atoms with Crippen molar-refractivity contribution in [2.75, 3.05) is 0 Å². The lowest BCUT2D eigenvalue weighted by atomic mass is 9.80. The van der Waals surface area contributed by atoms with E-state index in [1.807, 2.05) is 18.2 Å². The van der Waals surface area contributed by atoms with Crippen molar-refractivity contribution < 1.29 is 9.53 Å². The summed E-state index contributed by atoms with van der Waals surface area (Å²) in [5.41, 5.74) is 3.21. The van der Waals surface area contributed by atoms with Crippen molar-refractivity contribution >= 4 is 5.97 Å². The first-order valence-corrected chi connectivity index (χ1v) is 7.67. The van der Waals surface area contributed by atoms with E-state index in [2.05, 4.69) is 19.2 Å². The largest absolute Gasteiger partial charge is 0.459 e. The summed E-state index contributed by atoms with van der Waals surface area (Å²) in [6, 6.07) is 5.91. The van der Waals surface area contributed by atoms with Crippen LogP contribution in [0.3, 0.4) is 0 Å². The lowest BCUT2D eigenvalue weighted by Gasteiger charge is -2.31. The van der Waals surface area contributed by atoms with Crippen LogP contribution in [-0.4, -0.2) is 12.1 Å². The number of esters is 1. The molecule has 1 saturated carbocycles. The van der Waals surface area contributed by atoms with E-state index in [9.17, 15) is 4.79 Å². The van der Waals surface area contributed by atoms with Crippen molar-refractivity contribution in [2.45, 2.75) is 52.3 Å². The second-order valence-corrected chi connectivity index (χ2v) is 6.38. The van der Waals surface area contributed by atoms with Gasteiger partial charge in [0.25, 0.3) is 0 Å². The molecule has 3 nitrogen and oxygen atoms in total. The Morgan fingerprint density at radius 2 is 1.95 bits per heavy atom. The number of carbonyl (C=O) groups excluding carboxylic acids is 1. The molecule has 20 heavy (non-hydrogen) atoms. The number of ether oxygens (including phenoxy) is 1. The average molecular weight is 273 g/mol. The highest BCUT2D eigenvalue weighted by molar-refractivity contribution is 5.89. The summed E-state index contributed by atoms with van der Waals surface area (Å²) in [5, 5.41) is 3.29. The van der Waals surface area contributed by atoms with Gasteiger partial charge in [-0.2, -0.15) is 0 Å². The summed E-state index contributed by atoms with van der Waals surface area (Å²) >= 11 is 0. The number of hydrogen-bond donors (Lipinski definition) is 1. The molecule has 1 aromatic carbocycles. The third kappa shape index (κ3) is 2.73. The smallest absolute Gasteiger partial charge is 0.338 e. The molecule has 1 fully saturated rings. The number of benzene rings is 1. The van der Waals surface area contributed by atoms with E-state index in [1.54, 1.807) is 0 Å². The predicted octanol–water partition coefficient (Wildman–Crippen LogP) is 3.27. The number of hydrogen-bond acceptors (Lipinski definition) is 3. The van der Waals surface area contributed by atoms with Crippen LogP contribution in [0, 0.1) is 11.8 Å². The van der Waals surface area contributed by atoms with Crippen LogP contribution >= 0.6 is 0 Å². The number of nitrogens with one attached hydrogen (secondary N) is 1. The van der Waals surface area contributed by atoms with Gasteiger partial charge in [0.1, 0.15) is 6.10 Å². The number of fused-ring (bicyclic) bond motifs is 1. The van der Waals surface area contributed by atoms with Crippen molar-refractivity contribution in [1.82, 2.24) is 5.32 Å². The molecule has 1 aliphatic heterocycles. The number of rotatable bonds is 2. The molecule has 1 N–H and O–H groups in total. The maximum Gasteiger partial charge on any atom is 0.338 e. The van der Waals surface area contributed by atoms with Gasteiger partial charge in [0, 0.05) is 13.1 Å². The zero-order valence-electron chi connectivity index (χ0n) is 12.3. The zero-order chi connectivity index (χ0) is 14.1. The zero-order valence-corrected chi connectivity index (χ0v) is 12.3. The molecule has 1 aliphatic carbocycles. The molecule has 0 aromatic heterocycles. The Kier molecular flexibility index (Phi) is 3.79. The van der Waals surface area contributed by atoms with Crippen molar-refractivity contribution in [1.29, 1.82) is 0 Å². The highest BCUT2D eigenvalue weighted by Crippen LogP contribution is 2.31. The van der Waals surface area contributed by atoms with Gasteiger partial charge < -0.3 is 10.1 Å². The summed E-state index contributed by atoms with van der Waals surface area (Å²) in [5.74, 6) is 1.23. The first-order chi connectivity index (χ1) is 9.63. The molecule has 0 saturated heterocycles. The van der Waals surface area contributed by atoms with Gasteiger partial charge in [-0.25, -0.2) is 4.79 Å². The van der Waals surface area contributed by atoms with E-state index in [0.717, 1.165) is 38.3 Å². The Morgan fingerprint density at radius 1 is 1.15 bits per heavy atom. The van der Waals surface area contributed by atoms with E-state index in [1.165, 1.54) is 11.1 Å². The topological polar surface area (TPSA) is 38.3 Å². The van der Waals surface area contributed by atoms with Crippen LogP contribution in [0.2, 0.25) is 0 Å². The molecule has 3 heteroatoms. The minimum Gasteiger partial charge on any atom is -0.459 e. The van der Waals surface area contributed by atoms with Crippen LogP contribution in [0.4, 0.5) is 0 Å². The van der Waals surface area contributed by atoms with E-state index >= 15 is 0 Å². The Morgan fingerprint density at radius 3 is 2.75 bits per heavy atom. The van der Waals surface area contributed by atoms with E-state index in [-0.39, 0.29) is 12.1 Å². The maximum absolute atomic E-state index is 12.3. The second-order valence-electron chi connectivity index (χ2n) is 6.38. The van der Waals surface area contributed by atoms with Gasteiger partial charge in [0.05, 0.1) is 5.56 Å². The molecule has 0 bridgehead atoms. The van der Waals surface area contributed by atoms with Crippen LogP contribution in [-0.2, 0) is 17.8 Å². The third-order valence-electron chi connectivity index (χ3n) is 4.90. The molecule has 0 radical (unpaired) electrons. The third-order valence-corrected chi connectivity index (χ3v) is 4.90. The first-order valence-electron chi connectivity index (χ1n) is 7.67. The standard InChI is InChI=1S/C17H23NO2/c1-11-3-6-16(7-12(11)2)20-17(19)13-4-5-14-9-18-10-15(14)8-13/h4-5,8,11-12,16,18H,3,6-7,9-10H2,1-2H3. The van der Waals surface area contributed by atoms with Crippen LogP contribution in [0.15, 0.2) is 18.2 Å². The predicted molar refractivity (Wildman–Crippen MR) is 78.4 cm³/mol. The van der Waals surface area contributed by atoms with Crippen molar-refractivity contribution in [3.63, 3.8) is 0 Å². The molecular formula is C17H23NO2. The fourth-order valence-electron chi connectivity index (χ4n) is 3.25. The van der Waals surface area contributed by atoms with E-state index < -0.39 is 0 Å². The number of carbonyl (C=O) groups is 1. The normalized spacial score (nSPS) is 29.0. The highest BCUT2D eigenvalue weighted by Gasteiger charge is 2.27. The van der Waals surface area contributed by atoms with Crippen molar-refractivity contribution in [2.24, 2.45) is 11.8 Å². The molecule has 1 heterocycles. The summed E-state index contributed by atoms with van der Waals surface area (Å²) < 4.78 is 5.70. The van der Waals surface area contributed by atoms with Crippen LogP contribution in [0.5, 0.6) is 0 Å². The average Bonchev–Trinajstić information content (AvgIpc) is 2.90. The summed E-state index contributed by atoms with van der Waals surface area (Å²) in [7, 11) is 0. The second kappa shape index (κ2) is 5.57. The monoisotopic (exact) mass is 273 g/mol. The molecule has 3 atom stereocenters. The first kappa shape index (κ1) is 13.6. The summed E-state index contributed by atoms with van der Waals surface area (Å²) in [4.78, 5) is 12.3. The fraction of sp³-hybridized carbons (Fsp3) is 0.588. The minimum absolute atomic E-state index is 0.0973. The molecule has 3 rings (SSSR count). The van der Waals surface area contributed by atoms with Crippen LogP contribution in [0.25, 0.3) is 0 Å². The van der Waals surface area contributed by atoms with Crippen LogP contribution < -0.4 is 5.32 Å². The molecule has 3 unspecified atom stereocenters. The van der Waals surface area contributed by atoms with Gasteiger partial charge in [-0.15, -0.1) is 0 Å². The van der Waals surface area contributed by atoms with E-state index in [4.69, 9.17) is 4.74 Å². The van der Waals surface area contributed by atoms with Crippen LogP contribution in [0.1, 0.15) is 54.6 Å². The van der Waals surface area contributed by atoms with Gasteiger partial charge in [-0.1, -0.05) is 19.9 Å². The Bertz CT molecular complexity index is 512. The maximum atomic E-state index is 12.3. The molecule has 1 aromatic rings. The lowest BCUT2D eigenvalue weighted by Crippen LogP contribution is -2.28. The summed E-state index contributed by atoms with van der Waals surface area (Å²) in [6.07, 6.45) is 3.26. The molecule has 0 amide bonds. The lowest BCUT2D eigenvalue weighted by molar-refractivity contribution is 0.00878. The highest BCUT2D eigenvalue weighted by atomic mass is 16.5. The van der Waals surface area contributed by atoms with Gasteiger partial charge in [-0.3, -0.25) is 0 Å². The minimum atomic E-state index is -0.161. The van der Waals surface area contributed by atoms with Crippen molar-refractivity contribution in [3.8, 4) is 0 Å². The van der Waals surface area contributed by atoms with Gasteiger partial charge >= 0.3 is 5.97 Å².